The quantitative estimate of drug-likeness (QED) is 0.744. The van der Waals surface area contributed by atoms with Gasteiger partial charge in [-0.2, -0.15) is 13.2 Å². The van der Waals surface area contributed by atoms with Crippen LogP contribution in [0.25, 0.3) is 0 Å². The molecule has 0 unspecified atom stereocenters. The third-order valence-corrected chi connectivity index (χ3v) is 2.03. The molecular formula is C6H4F3IN2. The summed E-state index contributed by atoms with van der Waals surface area (Å²) >= 11 is 1.55. The lowest BCUT2D eigenvalue weighted by atomic mass is 10.2. The second-order valence-corrected chi connectivity index (χ2v) is 3.25. The lowest BCUT2D eigenvalue weighted by Gasteiger charge is -2.10. The van der Waals surface area contributed by atoms with Crippen molar-refractivity contribution in [2.24, 2.45) is 0 Å². The number of halogens is 4. The van der Waals surface area contributed by atoms with Crippen molar-refractivity contribution in [1.82, 2.24) is 4.98 Å². The minimum Gasteiger partial charge on any atom is -0.397 e. The molecule has 2 N–H and O–H groups in total. The van der Waals surface area contributed by atoms with Gasteiger partial charge in [0, 0.05) is 9.77 Å². The van der Waals surface area contributed by atoms with Gasteiger partial charge in [0.1, 0.15) is 0 Å². The van der Waals surface area contributed by atoms with Crippen LogP contribution in [-0.4, -0.2) is 4.98 Å². The Morgan fingerprint density at radius 1 is 1.33 bits per heavy atom. The third kappa shape index (κ3) is 1.79. The Labute approximate surface area is 80.1 Å². The van der Waals surface area contributed by atoms with Gasteiger partial charge in [0.2, 0.25) is 0 Å². The summed E-state index contributed by atoms with van der Waals surface area (Å²) in [6.07, 6.45) is -2.28. The molecule has 1 aromatic heterocycles. The molecule has 1 aromatic rings. The standard InChI is InChI=1S/C6H4F3IN2/c7-6(8,9)5-3(10)1-12-2-4(5)11/h1-2H,11H2. The largest absolute Gasteiger partial charge is 0.419 e. The van der Waals surface area contributed by atoms with Crippen LogP contribution in [0.1, 0.15) is 5.56 Å². The normalized spacial score (nSPS) is 11.7. The number of nitrogens with zero attached hydrogens (tertiary/aromatic N) is 1. The van der Waals surface area contributed by atoms with E-state index in [0.717, 1.165) is 12.4 Å². The molecule has 0 amide bonds. The third-order valence-electron chi connectivity index (χ3n) is 1.21. The van der Waals surface area contributed by atoms with Gasteiger partial charge in [0.15, 0.2) is 0 Å². The number of nitrogen functional groups attached to an aromatic ring is 1. The number of hydrogen-bond acceptors (Lipinski definition) is 2. The van der Waals surface area contributed by atoms with Crippen molar-refractivity contribution in [3.8, 4) is 0 Å². The monoisotopic (exact) mass is 288 g/mol. The Morgan fingerprint density at radius 3 is 2.25 bits per heavy atom. The van der Waals surface area contributed by atoms with Gasteiger partial charge < -0.3 is 5.73 Å². The smallest absolute Gasteiger partial charge is 0.397 e. The molecule has 0 fully saturated rings. The minimum atomic E-state index is -4.40. The molecule has 0 saturated carbocycles. The number of anilines is 1. The summed E-state index contributed by atoms with van der Waals surface area (Å²) in [5, 5.41) is 0. The van der Waals surface area contributed by atoms with Gasteiger partial charge in [-0.1, -0.05) is 0 Å². The van der Waals surface area contributed by atoms with Crippen LogP contribution in [-0.2, 0) is 6.18 Å². The second kappa shape index (κ2) is 3.08. The highest BCUT2D eigenvalue weighted by molar-refractivity contribution is 14.1. The Kier molecular flexibility index (Phi) is 2.45. The number of alkyl halides is 3. The van der Waals surface area contributed by atoms with Crippen LogP contribution in [0.5, 0.6) is 0 Å². The molecule has 0 atom stereocenters. The molecule has 0 spiro atoms. The van der Waals surface area contributed by atoms with Crippen LogP contribution in [0.4, 0.5) is 18.9 Å². The topological polar surface area (TPSA) is 38.9 Å². The van der Waals surface area contributed by atoms with E-state index in [1.54, 1.807) is 22.6 Å². The van der Waals surface area contributed by atoms with Crippen molar-refractivity contribution in [1.29, 1.82) is 0 Å². The fraction of sp³-hybridized carbons (Fsp3) is 0.167. The van der Waals surface area contributed by atoms with Crippen LogP contribution in [0.3, 0.4) is 0 Å². The summed E-state index contributed by atoms with van der Waals surface area (Å²) in [7, 11) is 0. The molecule has 0 radical (unpaired) electrons. The predicted molar refractivity (Wildman–Crippen MR) is 46.4 cm³/mol. The number of hydrogen-bond donors (Lipinski definition) is 1. The highest BCUT2D eigenvalue weighted by Gasteiger charge is 2.35. The van der Waals surface area contributed by atoms with E-state index in [2.05, 4.69) is 4.98 Å². The van der Waals surface area contributed by atoms with E-state index in [1.165, 1.54) is 0 Å². The zero-order valence-corrected chi connectivity index (χ0v) is 7.85. The lowest BCUT2D eigenvalue weighted by Crippen LogP contribution is -2.11. The molecular weight excluding hydrogens is 284 g/mol. The van der Waals surface area contributed by atoms with Crippen LogP contribution >= 0.6 is 22.6 Å². The molecule has 2 nitrogen and oxygen atoms in total. The minimum absolute atomic E-state index is 0.0140. The van der Waals surface area contributed by atoms with Crippen molar-refractivity contribution in [3.05, 3.63) is 21.5 Å². The summed E-state index contributed by atoms with van der Waals surface area (Å²) in [5.74, 6) is 0. The maximum Gasteiger partial charge on any atom is 0.419 e. The van der Waals surface area contributed by atoms with Crippen molar-refractivity contribution in [2.45, 2.75) is 6.18 Å². The number of nitrogens with two attached hydrogens (primary N) is 1. The maximum absolute atomic E-state index is 12.2. The Balaban J connectivity index is 3.31. The Hall–Kier alpha value is -0.530. The number of pyridine rings is 1. The van der Waals surface area contributed by atoms with Crippen LogP contribution in [0.2, 0.25) is 0 Å². The second-order valence-electron chi connectivity index (χ2n) is 2.08. The summed E-state index contributed by atoms with van der Waals surface area (Å²) in [6, 6.07) is 0. The van der Waals surface area contributed by atoms with E-state index in [-0.39, 0.29) is 9.26 Å². The Morgan fingerprint density at radius 2 is 1.92 bits per heavy atom. The summed E-state index contributed by atoms with van der Waals surface area (Å²) in [6.45, 7) is 0. The zero-order valence-electron chi connectivity index (χ0n) is 5.69. The highest BCUT2D eigenvalue weighted by Crippen LogP contribution is 2.35. The molecule has 0 aliphatic heterocycles. The van der Waals surface area contributed by atoms with Gasteiger partial charge in [0.05, 0.1) is 17.4 Å². The fourth-order valence-electron chi connectivity index (χ4n) is 0.749. The molecule has 0 aromatic carbocycles. The van der Waals surface area contributed by atoms with Gasteiger partial charge in [0.25, 0.3) is 0 Å². The Bertz CT molecular complexity index is 277. The van der Waals surface area contributed by atoms with Gasteiger partial charge in [-0.15, -0.1) is 0 Å². The molecule has 0 bridgehead atoms. The first-order valence-corrected chi connectivity index (χ1v) is 3.97. The van der Waals surface area contributed by atoms with Crippen molar-refractivity contribution in [3.63, 3.8) is 0 Å². The van der Waals surface area contributed by atoms with Gasteiger partial charge >= 0.3 is 6.18 Å². The lowest BCUT2D eigenvalue weighted by molar-refractivity contribution is -0.137. The molecule has 6 heteroatoms. The average molecular weight is 288 g/mol. The molecule has 0 aliphatic carbocycles. The summed E-state index contributed by atoms with van der Waals surface area (Å²) in [4.78, 5) is 3.53. The van der Waals surface area contributed by atoms with Gasteiger partial charge in [-0.25, -0.2) is 0 Å². The number of aromatic nitrogens is 1. The zero-order chi connectivity index (χ0) is 9.35. The molecule has 0 saturated heterocycles. The van der Waals surface area contributed by atoms with E-state index < -0.39 is 11.7 Å². The van der Waals surface area contributed by atoms with Crippen LogP contribution < -0.4 is 5.73 Å². The maximum atomic E-state index is 12.2. The van der Waals surface area contributed by atoms with E-state index >= 15 is 0 Å². The summed E-state index contributed by atoms with van der Waals surface area (Å²) in [5.41, 5.74) is 3.97. The summed E-state index contributed by atoms with van der Waals surface area (Å²) < 4.78 is 36.6. The van der Waals surface area contributed by atoms with E-state index in [1.807, 2.05) is 0 Å². The van der Waals surface area contributed by atoms with Crippen molar-refractivity contribution >= 4 is 28.3 Å². The van der Waals surface area contributed by atoms with Crippen LogP contribution in [0, 0.1) is 3.57 Å². The van der Waals surface area contributed by atoms with Crippen molar-refractivity contribution < 1.29 is 13.2 Å². The first-order chi connectivity index (χ1) is 5.43. The SMILES string of the molecule is Nc1cncc(I)c1C(F)(F)F. The van der Waals surface area contributed by atoms with E-state index in [0.29, 0.717) is 0 Å². The fourth-order valence-corrected chi connectivity index (χ4v) is 1.53. The predicted octanol–water partition coefficient (Wildman–Crippen LogP) is 2.29. The average Bonchev–Trinajstić information content (AvgIpc) is 1.82. The molecule has 1 rings (SSSR count). The molecule has 0 aliphatic rings. The molecule has 66 valence electrons. The molecule has 12 heavy (non-hydrogen) atoms. The number of rotatable bonds is 0. The first-order valence-electron chi connectivity index (χ1n) is 2.89. The molecule has 1 heterocycles. The van der Waals surface area contributed by atoms with E-state index in [4.69, 9.17) is 5.73 Å². The van der Waals surface area contributed by atoms with Gasteiger partial charge in [-0.05, 0) is 22.6 Å². The van der Waals surface area contributed by atoms with E-state index in [9.17, 15) is 13.2 Å². The van der Waals surface area contributed by atoms with Gasteiger partial charge in [-0.3, -0.25) is 4.98 Å². The van der Waals surface area contributed by atoms with Crippen LogP contribution in [0.15, 0.2) is 12.4 Å². The van der Waals surface area contributed by atoms with Crippen molar-refractivity contribution in [2.75, 3.05) is 5.73 Å². The highest BCUT2D eigenvalue weighted by atomic mass is 127. The first kappa shape index (κ1) is 9.56.